The molecule has 1 fully saturated rings. The predicted molar refractivity (Wildman–Crippen MR) is 81.9 cm³/mol. The number of rotatable bonds is 4. The fraction of sp³-hybridized carbons (Fsp3) is 0.556. The third kappa shape index (κ3) is 2.43. The number of hydrogen-bond acceptors (Lipinski definition) is 1. The molecule has 0 amide bonds. The van der Waals surface area contributed by atoms with Crippen LogP contribution in [0.5, 0.6) is 0 Å². The first-order valence-corrected chi connectivity index (χ1v) is 7.84. The number of allylic oxidation sites excluding steroid dienone is 2. The summed E-state index contributed by atoms with van der Waals surface area (Å²) in [6.45, 7) is 7.05. The van der Waals surface area contributed by atoms with Gasteiger partial charge in [-0.15, -0.1) is 0 Å². The number of fused-ring (bicyclic) bond motifs is 2. The summed E-state index contributed by atoms with van der Waals surface area (Å²) >= 11 is 0. The van der Waals surface area contributed by atoms with Crippen molar-refractivity contribution >= 4 is 5.57 Å². The fourth-order valence-electron chi connectivity index (χ4n) is 3.62. The zero-order valence-corrected chi connectivity index (χ0v) is 12.3. The van der Waals surface area contributed by atoms with Crippen LogP contribution in [0.2, 0.25) is 0 Å². The molecule has 3 aliphatic heterocycles. The summed E-state index contributed by atoms with van der Waals surface area (Å²) in [6, 6.07) is 9.19. The standard InChI is InChI=1S/C18H25N/c1-3-4-5-17-18(15-8-6-14(2)7-9-15)16-10-12-19(17)13-11-16/h6-9,16H,3-5,10-13H2,1-2H3. The van der Waals surface area contributed by atoms with Crippen LogP contribution in [0, 0.1) is 12.8 Å². The third-order valence-electron chi connectivity index (χ3n) is 4.73. The van der Waals surface area contributed by atoms with E-state index in [0.29, 0.717) is 0 Å². The van der Waals surface area contributed by atoms with Gasteiger partial charge >= 0.3 is 0 Å². The molecule has 102 valence electrons. The minimum atomic E-state index is 0.819. The van der Waals surface area contributed by atoms with Crippen molar-refractivity contribution in [3.05, 3.63) is 41.1 Å². The van der Waals surface area contributed by atoms with Gasteiger partial charge < -0.3 is 4.90 Å². The molecule has 2 bridgehead atoms. The lowest BCUT2D eigenvalue weighted by molar-refractivity contribution is 0.221. The Morgan fingerprint density at radius 2 is 1.79 bits per heavy atom. The van der Waals surface area contributed by atoms with E-state index in [0.717, 1.165) is 5.92 Å². The Morgan fingerprint density at radius 1 is 1.11 bits per heavy atom. The molecule has 1 aromatic rings. The highest BCUT2D eigenvalue weighted by atomic mass is 15.2. The van der Waals surface area contributed by atoms with Gasteiger partial charge in [0.2, 0.25) is 0 Å². The highest BCUT2D eigenvalue weighted by molar-refractivity contribution is 5.72. The van der Waals surface area contributed by atoms with Crippen molar-refractivity contribution in [1.82, 2.24) is 4.90 Å². The van der Waals surface area contributed by atoms with Crippen molar-refractivity contribution in [2.45, 2.75) is 46.0 Å². The van der Waals surface area contributed by atoms with Crippen molar-refractivity contribution in [2.24, 2.45) is 5.92 Å². The molecule has 1 heteroatoms. The van der Waals surface area contributed by atoms with Crippen molar-refractivity contribution in [1.29, 1.82) is 0 Å². The van der Waals surface area contributed by atoms with Crippen molar-refractivity contribution in [3.63, 3.8) is 0 Å². The maximum Gasteiger partial charge on any atom is 0.0180 e. The summed E-state index contributed by atoms with van der Waals surface area (Å²) in [5, 5.41) is 0. The molecule has 0 aromatic heterocycles. The second-order valence-corrected chi connectivity index (χ2v) is 6.09. The van der Waals surface area contributed by atoms with Gasteiger partial charge in [-0.05, 0) is 49.7 Å². The SMILES string of the molecule is CCCCC1=C(c2ccc(C)cc2)C2CCN1CC2. The monoisotopic (exact) mass is 255 g/mol. The van der Waals surface area contributed by atoms with Gasteiger partial charge in [-0.1, -0.05) is 43.2 Å². The van der Waals surface area contributed by atoms with Crippen LogP contribution >= 0.6 is 0 Å². The summed E-state index contributed by atoms with van der Waals surface area (Å²) in [4.78, 5) is 2.66. The molecule has 1 aromatic carbocycles. The molecule has 0 unspecified atom stereocenters. The maximum atomic E-state index is 2.66. The van der Waals surface area contributed by atoms with E-state index >= 15 is 0 Å². The molecule has 0 spiro atoms. The molecular formula is C18H25N. The molecule has 4 rings (SSSR count). The van der Waals surface area contributed by atoms with E-state index in [2.05, 4.69) is 43.0 Å². The molecule has 0 atom stereocenters. The van der Waals surface area contributed by atoms with Gasteiger partial charge in [0, 0.05) is 18.8 Å². The number of unbranched alkanes of at least 4 members (excludes halogenated alkanes) is 1. The number of aryl methyl sites for hydroxylation is 1. The van der Waals surface area contributed by atoms with Crippen LogP contribution in [0.25, 0.3) is 5.57 Å². The largest absolute Gasteiger partial charge is 0.375 e. The first-order valence-electron chi connectivity index (χ1n) is 7.84. The Bertz CT molecular complexity index is 461. The molecule has 0 saturated carbocycles. The van der Waals surface area contributed by atoms with Crippen molar-refractivity contribution < 1.29 is 0 Å². The predicted octanol–water partition coefficient (Wildman–Crippen LogP) is 4.62. The zero-order chi connectivity index (χ0) is 13.2. The lowest BCUT2D eigenvalue weighted by Crippen LogP contribution is -2.39. The zero-order valence-electron chi connectivity index (χ0n) is 12.3. The molecule has 3 aliphatic rings. The van der Waals surface area contributed by atoms with E-state index in [9.17, 15) is 0 Å². The van der Waals surface area contributed by atoms with Gasteiger partial charge in [-0.2, -0.15) is 0 Å². The summed E-state index contributed by atoms with van der Waals surface area (Å²) < 4.78 is 0. The van der Waals surface area contributed by atoms with E-state index in [1.807, 2.05) is 0 Å². The summed E-state index contributed by atoms with van der Waals surface area (Å²) in [5.41, 5.74) is 6.17. The highest BCUT2D eigenvalue weighted by Crippen LogP contribution is 2.43. The van der Waals surface area contributed by atoms with Gasteiger partial charge in [0.05, 0.1) is 0 Å². The summed E-state index contributed by atoms with van der Waals surface area (Å²) in [6.07, 6.45) is 6.62. The van der Waals surface area contributed by atoms with E-state index in [-0.39, 0.29) is 0 Å². The molecule has 3 heterocycles. The lowest BCUT2D eigenvalue weighted by Gasteiger charge is -2.44. The Kier molecular flexibility index (Phi) is 3.63. The fourth-order valence-corrected chi connectivity index (χ4v) is 3.62. The van der Waals surface area contributed by atoms with Crippen LogP contribution in [0.4, 0.5) is 0 Å². The minimum absolute atomic E-state index is 0.819. The van der Waals surface area contributed by atoms with Crippen molar-refractivity contribution in [2.75, 3.05) is 13.1 Å². The average Bonchev–Trinajstić information content (AvgIpc) is 2.47. The molecule has 0 radical (unpaired) electrons. The maximum absolute atomic E-state index is 2.66. The second kappa shape index (κ2) is 5.40. The van der Waals surface area contributed by atoms with Crippen molar-refractivity contribution in [3.8, 4) is 0 Å². The Morgan fingerprint density at radius 3 is 2.42 bits per heavy atom. The molecule has 1 saturated heterocycles. The normalized spacial score (nSPS) is 19.4. The molecule has 1 nitrogen and oxygen atoms in total. The highest BCUT2D eigenvalue weighted by Gasteiger charge is 2.32. The molecule has 19 heavy (non-hydrogen) atoms. The van der Waals surface area contributed by atoms with Gasteiger partial charge in [-0.3, -0.25) is 0 Å². The lowest BCUT2D eigenvalue weighted by atomic mass is 9.78. The van der Waals surface area contributed by atoms with Gasteiger partial charge in [0.25, 0.3) is 0 Å². The molecular weight excluding hydrogens is 230 g/mol. The van der Waals surface area contributed by atoms with Crippen LogP contribution in [0.3, 0.4) is 0 Å². The Labute approximate surface area is 117 Å². The number of hydrogen-bond donors (Lipinski definition) is 0. The van der Waals surface area contributed by atoms with Gasteiger partial charge in [0.1, 0.15) is 0 Å². The van der Waals surface area contributed by atoms with Gasteiger partial charge in [-0.25, -0.2) is 0 Å². The number of piperidine rings is 1. The van der Waals surface area contributed by atoms with Crippen LogP contribution < -0.4 is 0 Å². The first kappa shape index (κ1) is 12.8. The minimum Gasteiger partial charge on any atom is -0.375 e. The topological polar surface area (TPSA) is 3.24 Å². The van der Waals surface area contributed by atoms with Crippen LogP contribution in [-0.4, -0.2) is 18.0 Å². The molecule has 0 aliphatic carbocycles. The van der Waals surface area contributed by atoms with Gasteiger partial charge in [0.15, 0.2) is 0 Å². The van der Waals surface area contributed by atoms with E-state index in [1.165, 1.54) is 56.3 Å². The Balaban J connectivity index is 1.99. The van der Waals surface area contributed by atoms with Crippen LogP contribution in [0.1, 0.15) is 50.2 Å². The molecule has 0 N–H and O–H groups in total. The average molecular weight is 255 g/mol. The Hall–Kier alpha value is -1.24. The first-order chi connectivity index (χ1) is 9.29. The number of nitrogens with zero attached hydrogens (tertiary/aromatic N) is 1. The van der Waals surface area contributed by atoms with Crippen LogP contribution in [-0.2, 0) is 0 Å². The van der Waals surface area contributed by atoms with Crippen LogP contribution in [0.15, 0.2) is 30.0 Å². The summed E-state index contributed by atoms with van der Waals surface area (Å²) in [5.74, 6) is 0.819. The van der Waals surface area contributed by atoms with E-state index in [1.54, 1.807) is 11.3 Å². The number of benzene rings is 1. The third-order valence-corrected chi connectivity index (χ3v) is 4.73. The smallest absolute Gasteiger partial charge is 0.0180 e. The quantitative estimate of drug-likeness (QED) is 0.758. The van der Waals surface area contributed by atoms with E-state index in [4.69, 9.17) is 0 Å². The second-order valence-electron chi connectivity index (χ2n) is 6.09. The van der Waals surface area contributed by atoms with E-state index < -0.39 is 0 Å². The summed E-state index contributed by atoms with van der Waals surface area (Å²) in [7, 11) is 0.